The van der Waals surface area contributed by atoms with Gasteiger partial charge in [0.1, 0.15) is 0 Å². The van der Waals surface area contributed by atoms with Crippen LogP contribution in [0.2, 0.25) is 0 Å². The number of hydrazine groups is 1. The van der Waals surface area contributed by atoms with E-state index in [9.17, 15) is 0 Å². The van der Waals surface area contributed by atoms with Gasteiger partial charge in [0, 0.05) is 78.5 Å². The van der Waals surface area contributed by atoms with Crippen molar-refractivity contribution in [2.45, 2.75) is 71.1 Å². The molecule has 0 fully saturated rings. The van der Waals surface area contributed by atoms with E-state index in [0.717, 1.165) is 78.5 Å². The molecule has 0 aliphatic rings. The van der Waals surface area contributed by atoms with Gasteiger partial charge in [0.25, 0.3) is 0 Å². The Morgan fingerprint density at radius 3 is 0.969 bits per heavy atom. The van der Waals surface area contributed by atoms with Gasteiger partial charge in [-0.15, -0.1) is 0 Å². The van der Waals surface area contributed by atoms with Crippen LogP contribution in [0.5, 0.6) is 0 Å². The van der Waals surface area contributed by atoms with Crippen LogP contribution in [0.15, 0.2) is 0 Å². The average molecular weight is 459 g/mol. The number of hydrogen-bond acceptors (Lipinski definition) is 8. The Labute approximate surface area is 199 Å². The van der Waals surface area contributed by atoms with Crippen molar-refractivity contribution >= 4 is 0 Å². The Morgan fingerprint density at radius 2 is 0.625 bits per heavy atom. The predicted octanol–water partition coefficient (Wildman–Crippen LogP) is 0.908. The molecule has 0 aromatic rings. The zero-order chi connectivity index (χ0) is 23.2. The van der Waals surface area contributed by atoms with Crippen LogP contribution >= 0.6 is 0 Å². The fourth-order valence-electron chi connectivity index (χ4n) is 3.53. The van der Waals surface area contributed by atoms with Crippen LogP contribution in [0.3, 0.4) is 0 Å². The Morgan fingerprint density at radius 1 is 0.344 bits per heavy atom. The SMILES string of the molecule is CCCCCCCCCCCCNCCNCCNCCNCCNCCNCCNN. The molecule has 0 aromatic carbocycles. The van der Waals surface area contributed by atoms with Gasteiger partial charge in [0.2, 0.25) is 0 Å². The molecule has 0 unspecified atom stereocenters. The summed E-state index contributed by atoms with van der Waals surface area (Å²) in [5, 5.41) is 20.7. The van der Waals surface area contributed by atoms with Crippen molar-refractivity contribution in [3.8, 4) is 0 Å². The number of unbranched alkanes of at least 4 members (excludes halogenated alkanes) is 9. The first kappa shape index (κ1) is 31.7. The minimum absolute atomic E-state index is 0.806. The van der Waals surface area contributed by atoms with Crippen molar-refractivity contribution in [2.75, 3.05) is 85.1 Å². The molecule has 0 heterocycles. The highest BCUT2D eigenvalue weighted by Crippen LogP contribution is 2.10. The molecule has 0 aromatic heterocycles. The fourth-order valence-corrected chi connectivity index (χ4v) is 3.53. The topological polar surface area (TPSA) is 110 Å². The quantitative estimate of drug-likeness (QED) is 0.0475. The highest BCUT2D eigenvalue weighted by Gasteiger charge is 1.94. The van der Waals surface area contributed by atoms with E-state index in [1.165, 1.54) is 70.8 Å². The highest BCUT2D eigenvalue weighted by atomic mass is 15.2. The second-order valence-corrected chi connectivity index (χ2v) is 8.64. The predicted molar refractivity (Wildman–Crippen MR) is 141 cm³/mol. The lowest BCUT2D eigenvalue weighted by molar-refractivity contribution is 0.532. The van der Waals surface area contributed by atoms with Crippen molar-refractivity contribution in [1.29, 1.82) is 0 Å². The Balaban J connectivity index is 2.98. The molecular formula is C24H58N8. The molecular weight excluding hydrogens is 400 g/mol. The normalized spacial score (nSPS) is 11.4. The molecule has 194 valence electrons. The first-order chi connectivity index (χ1) is 15.9. The van der Waals surface area contributed by atoms with E-state index in [4.69, 9.17) is 5.84 Å². The fraction of sp³-hybridized carbons (Fsp3) is 1.00. The zero-order valence-electron chi connectivity index (χ0n) is 21.3. The second kappa shape index (κ2) is 30.7. The minimum atomic E-state index is 0.806. The van der Waals surface area contributed by atoms with E-state index in [2.05, 4.69) is 44.3 Å². The van der Waals surface area contributed by atoms with Crippen molar-refractivity contribution in [3.63, 3.8) is 0 Å². The van der Waals surface area contributed by atoms with Crippen molar-refractivity contribution in [1.82, 2.24) is 37.3 Å². The summed E-state index contributed by atoms with van der Waals surface area (Å²) < 4.78 is 0. The molecule has 0 atom stereocenters. The van der Waals surface area contributed by atoms with Gasteiger partial charge in [0.05, 0.1) is 0 Å². The molecule has 0 aliphatic carbocycles. The maximum atomic E-state index is 5.21. The Kier molecular flexibility index (Phi) is 30.4. The van der Waals surface area contributed by atoms with Crippen LogP contribution in [0.1, 0.15) is 71.1 Å². The lowest BCUT2D eigenvalue weighted by Gasteiger charge is -2.09. The van der Waals surface area contributed by atoms with E-state index in [1.807, 2.05) is 0 Å². The van der Waals surface area contributed by atoms with Crippen LogP contribution in [-0.2, 0) is 0 Å². The van der Waals surface area contributed by atoms with Crippen LogP contribution in [0.4, 0.5) is 0 Å². The molecule has 0 spiro atoms. The third-order valence-corrected chi connectivity index (χ3v) is 5.55. The van der Waals surface area contributed by atoms with Crippen LogP contribution in [-0.4, -0.2) is 85.1 Å². The van der Waals surface area contributed by atoms with E-state index < -0.39 is 0 Å². The summed E-state index contributed by atoms with van der Waals surface area (Å²) in [4.78, 5) is 0. The smallest absolute Gasteiger partial charge is 0.0223 e. The maximum Gasteiger partial charge on any atom is 0.0223 e. The molecule has 32 heavy (non-hydrogen) atoms. The zero-order valence-corrected chi connectivity index (χ0v) is 21.3. The van der Waals surface area contributed by atoms with Gasteiger partial charge >= 0.3 is 0 Å². The van der Waals surface area contributed by atoms with Crippen LogP contribution < -0.4 is 43.2 Å². The van der Waals surface area contributed by atoms with Gasteiger partial charge in [-0.3, -0.25) is 11.3 Å². The third-order valence-electron chi connectivity index (χ3n) is 5.55. The average Bonchev–Trinajstić information content (AvgIpc) is 2.81. The van der Waals surface area contributed by atoms with Gasteiger partial charge < -0.3 is 31.9 Å². The molecule has 0 saturated carbocycles. The monoisotopic (exact) mass is 458 g/mol. The second-order valence-electron chi connectivity index (χ2n) is 8.64. The molecule has 9 N–H and O–H groups in total. The lowest BCUT2D eigenvalue weighted by Crippen LogP contribution is -2.38. The number of hydrogen-bond donors (Lipinski definition) is 8. The first-order valence-corrected chi connectivity index (χ1v) is 13.6. The number of nitrogens with one attached hydrogen (secondary N) is 7. The molecule has 0 amide bonds. The van der Waals surface area contributed by atoms with Crippen molar-refractivity contribution in [2.24, 2.45) is 5.84 Å². The van der Waals surface area contributed by atoms with Gasteiger partial charge in [0.15, 0.2) is 0 Å². The molecule has 0 radical (unpaired) electrons. The lowest BCUT2D eigenvalue weighted by atomic mass is 10.1. The summed E-state index contributed by atoms with van der Waals surface area (Å²) >= 11 is 0. The molecule has 0 rings (SSSR count). The molecule has 0 bridgehead atoms. The van der Waals surface area contributed by atoms with Gasteiger partial charge in [-0.1, -0.05) is 64.7 Å². The maximum absolute atomic E-state index is 5.21. The molecule has 8 nitrogen and oxygen atoms in total. The summed E-state index contributed by atoms with van der Waals surface area (Å²) in [5.41, 5.74) is 2.63. The van der Waals surface area contributed by atoms with E-state index in [-0.39, 0.29) is 0 Å². The summed E-state index contributed by atoms with van der Waals surface area (Å²) in [7, 11) is 0. The number of rotatable bonds is 29. The standard InChI is InChI=1S/C24H58N8/c1-2-3-4-5-6-7-8-9-10-11-12-26-13-14-27-15-16-28-17-18-29-19-20-30-21-22-31-23-24-32-25/h26-32H,2-25H2,1H3. The molecule has 0 saturated heterocycles. The highest BCUT2D eigenvalue weighted by molar-refractivity contribution is 4.59. The molecule has 0 aliphatic heterocycles. The van der Waals surface area contributed by atoms with E-state index in [0.29, 0.717) is 0 Å². The van der Waals surface area contributed by atoms with Gasteiger partial charge in [-0.25, -0.2) is 0 Å². The summed E-state index contributed by atoms with van der Waals surface area (Å²) in [5.74, 6) is 5.21. The van der Waals surface area contributed by atoms with Crippen molar-refractivity contribution in [3.05, 3.63) is 0 Å². The first-order valence-electron chi connectivity index (χ1n) is 13.6. The minimum Gasteiger partial charge on any atom is -0.315 e. The molecule has 8 heteroatoms. The third kappa shape index (κ3) is 29.7. The Bertz CT molecular complexity index is 290. The Hall–Kier alpha value is -0.320. The number of nitrogens with two attached hydrogens (primary N) is 1. The van der Waals surface area contributed by atoms with Crippen molar-refractivity contribution < 1.29 is 0 Å². The summed E-state index contributed by atoms with van der Waals surface area (Å²) in [6.45, 7) is 15.4. The van der Waals surface area contributed by atoms with Gasteiger partial charge in [-0.05, 0) is 13.0 Å². The summed E-state index contributed by atoms with van der Waals surface area (Å²) in [6, 6.07) is 0. The van der Waals surface area contributed by atoms with Crippen LogP contribution in [0.25, 0.3) is 0 Å². The largest absolute Gasteiger partial charge is 0.315 e. The van der Waals surface area contributed by atoms with Crippen LogP contribution in [0, 0.1) is 0 Å². The van der Waals surface area contributed by atoms with E-state index in [1.54, 1.807) is 0 Å². The summed E-state index contributed by atoms with van der Waals surface area (Å²) in [6.07, 6.45) is 14.1. The van der Waals surface area contributed by atoms with Gasteiger partial charge in [-0.2, -0.15) is 0 Å². The van der Waals surface area contributed by atoms with E-state index >= 15 is 0 Å².